The van der Waals surface area contributed by atoms with E-state index in [1.54, 1.807) is 0 Å². The molecule has 8 heteroatoms. The molecule has 134 valence electrons. The van der Waals surface area contributed by atoms with Crippen LogP contribution >= 0.6 is 0 Å². The minimum absolute atomic E-state index is 0.135. The van der Waals surface area contributed by atoms with E-state index in [2.05, 4.69) is 5.32 Å². The molecule has 1 aromatic rings. The lowest BCUT2D eigenvalue weighted by molar-refractivity contribution is -0.222. The lowest BCUT2D eigenvalue weighted by Crippen LogP contribution is -2.44. The predicted molar refractivity (Wildman–Crippen MR) is 85.6 cm³/mol. The van der Waals surface area contributed by atoms with Gasteiger partial charge in [-0.1, -0.05) is 30.3 Å². The summed E-state index contributed by atoms with van der Waals surface area (Å²) in [7, 11) is 0. The summed E-state index contributed by atoms with van der Waals surface area (Å²) in [6.45, 7) is 2.75. The summed E-state index contributed by atoms with van der Waals surface area (Å²) in [5, 5.41) is 21.4. The fourth-order valence-electron chi connectivity index (χ4n) is 2.42. The Hall–Kier alpha value is -3.03. The molecule has 0 spiro atoms. The van der Waals surface area contributed by atoms with Crippen LogP contribution in [0.4, 0.5) is 4.79 Å². The highest BCUT2D eigenvalue weighted by molar-refractivity contribution is 6.15. The van der Waals surface area contributed by atoms with Gasteiger partial charge >= 0.3 is 18.0 Å². The molecule has 8 nitrogen and oxygen atoms in total. The highest BCUT2D eigenvalue weighted by Crippen LogP contribution is 2.25. The quantitative estimate of drug-likeness (QED) is 0.321. The van der Waals surface area contributed by atoms with Crippen LogP contribution in [-0.4, -0.2) is 40.1 Å². The van der Waals surface area contributed by atoms with Crippen LogP contribution in [0.5, 0.6) is 0 Å². The summed E-state index contributed by atoms with van der Waals surface area (Å²) in [6.07, 6.45) is -0.850. The molecule has 1 amide bonds. The molecule has 1 fully saturated rings. The second-order valence-corrected chi connectivity index (χ2v) is 5.97. The second-order valence-electron chi connectivity index (χ2n) is 5.97. The standard InChI is InChI=1S/C17H19NO7/c1-17(2)24-14(20)12(15(21)25-17)13(19)11(18-16(22)23)9-8-10-6-4-3-5-7-10/h3-7,11,18-19H,8-9H2,1-2H3,(H,22,23). The Bertz CT molecular complexity index is 687. The van der Waals surface area contributed by atoms with Gasteiger partial charge < -0.3 is 25.0 Å². The normalized spacial score (nSPS) is 17.3. The number of aryl methyl sites for hydroxylation is 1. The van der Waals surface area contributed by atoms with Crippen LogP contribution in [0.1, 0.15) is 25.8 Å². The Labute approximate surface area is 144 Å². The van der Waals surface area contributed by atoms with Crippen LogP contribution in [0, 0.1) is 0 Å². The largest absolute Gasteiger partial charge is 0.509 e. The highest BCUT2D eigenvalue weighted by Gasteiger charge is 2.42. The van der Waals surface area contributed by atoms with Gasteiger partial charge in [0.2, 0.25) is 0 Å². The van der Waals surface area contributed by atoms with Crippen molar-refractivity contribution in [2.75, 3.05) is 0 Å². The molecule has 1 saturated heterocycles. The van der Waals surface area contributed by atoms with Crippen LogP contribution in [-0.2, 0) is 25.5 Å². The average Bonchev–Trinajstić information content (AvgIpc) is 2.50. The van der Waals surface area contributed by atoms with E-state index in [-0.39, 0.29) is 6.42 Å². The lowest BCUT2D eigenvalue weighted by atomic mass is 10.0. The number of aliphatic hydroxyl groups excluding tert-OH is 1. The minimum Gasteiger partial charge on any atom is -0.509 e. The number of aliphatic hydroxyl groups is 1. The number of carboxylic acid groups (broad SMARTS) is 1. The van der Waals surface area contributed by atoms with Crippen molar-refractivity contribution in [3.63, 3.8) is 0 Å². The molecule has 1 heterocycles. The summed E-state index contributed by atoms with van der Waals surface area (Å²) in [5.74, 6) is -4.28. The summed E-state index contributed by atoms with van der Waals surface area (Å²) < 4.78 is 9.84. The highest BCUT2D eigenvalue weighted by atomic mass is 16.7. The fourth-order valence-corrected chi connectivity index (χ4v) is 2.42. The number of amides is 1. The van der Waals surface area contributed by atoms with Gasteiger partial charge in [-0.25, -0.2) is 14.4 Å². The molecule has 1 aromatic carbocycles. The summed E-state index contributed by atoms with van der Waals surface area (Å²) in [6, 6.07) is 8.01. The van der Waals surface area contributed by atoms with Crippen LogP contribution in [0.2, 0.25) is 0 Å². The third-order valence-electron chi connectivity index (χ3n) is 3.53. The average molecular weight is 349 g/mol. The van der Waals surface area contributed by atoms with E-state index < -0.39 is 41.2 Å². The van der Waals surface area contributed by atoms with E-state index in [1.807, 2.05) is 30.3 Å². The van der Waals surface area contributed by atoms with Gasteiger partial charge in [-0.2, -0.15) is 0 Å². The van der Waals surface area contributed by atoms with Crippen molar-refractivity contribution in [2.24, 2.45) is 0 Å². The van der Waals surface area contributed by atoms with Crippen LogP contribution < -0.4 is 5.32 Å². The summed E-state index contributed by atoms with van der Waals surface area (Å²) >= 11 is 0. The maximum Gasteiger partial charge on any atom is 0.405 e. The first-order valence-electron chi connectivity index (χ1n) is 7.63. The molecule has 25 heavy (non-hydrogen) atoms. The molecule has 1 unspecified atom stereocenters. The van der Waals surface area contributed by atoms with E-state index in [4.69, 9.17) is 14.6 Å². The fraction of sp³-hybridized carbons (Fsp3) is 0.353. The molecule has 3 N–H and O–H groups in total. The zero-order chi connectivity index (χ0) is 18.6. The van der Waals surface area contributed by atoms with E-state index in [1.165, 1.54) is 13.8 Å². The molecule has 1 atom stereocenters. The Morgan fingerprint density at radius 2 is 1.68 bits per heavy atom. The van der Waals surface area contributed by atoms with Gasteiger partial charge in [-0.3, -0.25) is 0 Å². The maximum atomic E-state index is 12.0. The van der Waals surface area contributed by atoms with Crippen molar-refractivity contribution in [1.82, 2.24) is 5.32 Å². The van der Waals surface area contributed by atoms with E-state index in [0.29, 0.717) is 6.42 Å². The number of nitrogens with one attached hydrogen (secondary N) is 1. The molecule has 0 saturated carbocycles. The molecular weight excluding hydrogens is 330 g/mol. The Morgan fingerprint density at radius 1 is 1.12 bits per heavy atom. The zero-order valence-electron chi connectivity index (χ0n) is 13.8. The van der Waals surface area contributed by atoms with Crippen molar-refractivity contribution in [2.45, 2.75) is 38.5 Å². The molecule has 0 radical (unpaired) electrons. The van der Waals surface area contributed by atoms with Crippen molar-refractivity contribution in [3.8, 4) is 0 Å². The number of carbonyl (C=O) groups excluding carboxylic acids is 2. The SMILES string of the molecule is CC1(C)OC(=O)C(=C(O)C(CCc2ccccc2)NC(=O)O)C(=O)O1. The number of carbonyl (C=O) groups is 3. The smallest absolute Gasteiger partial charge is 0.405 e. The first-order valence-corrected chi connectivity index (χ1v) is 7.63. The van der Waals surface area contributed by atoms with Gasteiger partial charge in [0.15, 0.2) is 5.57 Å². The van der Waals surface area contributed by atoms with Gasteiger partial charge in [-0.15, -0.1) is 0 Å². The zero-order valence-corrected chi connectivity index (χ0v) is 13.8. The topological polar surface area (TPSA) is 122 Å². The van der Waals surface area contributed by atoms with E-state index >= 15 is 0 Å². The molecule has 1 aliphatic rings. The maximum absolute atomic E-state index is 12.0. The van der Waals surface area contributed by atoms with Crippen molar-refractivity contribution >= 4 is 18.0 Å². The molecule has 0 bridgehead atoms. The number of cyclic esters (lactones) is 2. The summed E-state index contributed by atoms with van der Waals surface area (Å²) in [5.41, 5.74) is 0.207. The molecule has 1 aliphatic heterocycles. The Balaban J connectivity index is 2.25. The molecule has 0 aliphatic carbocycles. The molecule has 2 rings (SSSR count). The molecular formula is C17H19NO7. The predicted octanol–water partition coefficient (Wildman–Crippen LogP) is 1.90. The number of benzene rings is 1. The molecule has 0 aromatic heterocycles. The summed E-state index contributed by atoms with van der Waals surface area (Å²) in [4.78, 5) is 35.0. The minimum atomic E-state index is -1.45. The Morgan fingerprint density at radius 3 is 2.20 bits per heavy atom. The monoisotopic (exact) mass is 349 g/mol. The van der Waals surface area contributed by atoms with Crippen LogP contribution in [0.25, 0.3) is 0 Å². The van der Waals surface area contributed by atoms with E-state index in [0.717, 1.165) is 5.56 Å². The van der Waals surface area contributed by atoms with E-state index in [9.17, 15) is 19.5 Å². The van der Waals surface area contributed by atoms with Gasteiger partial charge in [0, 0.05) is 13.8 Å². The van der Waals surface area contributed by atoms with Crippen molar-refractivity contribution in [1.29, 1.82) is 0 Å². The van der Waals surface area contributed by atoms with Crippen molar-refractivity contribution < 1.29 is 34.1 Å². The first kappa shape index (κ1) is 18.3. The van der Waals surface area contributed by atoms with Crippen LogP contribution in [0.3, 0.4) is 0 Å². The Kier molecular flexibility index (Phi) is 5.31. The lowest BCUT2D eigenvalue weighted by Gasteiger charge is -2.31. The number of hydrogen-bond donors (Lipinski definition) is 3. The first-order chi connectivity index (χ1) is 11.7. The van der Waals surface area contributed by atoms with Gasteiger partial charge in [0.05, 0.1) is 6.04 Å². The number of rotatable bonds is 5. The third kappa shape index (κ3) is 4.72. The van der Waals surface area contributed by atoms with Gasteiger partial charge in [0.1, 0.15) is 5.76 Å². The van der Waals surface area contributed by atoms with Gasteiger partial charge in [-0.05, 0) is 18.4 Å². The number of hydrogen-bond acceptors (Lipinski definition) is 6. The number of ether oxygens (including phenoxy) is 2. The van der Waals surface area contributed by atoms with Crippen LogP contribution in [0.15, 0.2) is 41.7 Å². The van der Waals surface area contributed by atoms with Crippen molar-refractivity contribution in [3.05, 3.63) is 47.2 Å². The second kappa shape index (κ2) is 7.25. The third-order valence-corrected chi connectivity index (χ3v) is 3.53. The van der Waals surface area contributed by atoms with Gasteiger partial charge in [0.25, 0.3) is 5.79 Å². The number of esters is 2.